The summed E-state index contributed by atoms with van der Waals surface area (Å²) in [5.74, 6) is 0.901. The van der Waals surface area contributed by atoms with Crippen LogP contribution < -0.4 is 0 Å². The summed E-state index contributed by atoms with van der Waals surface area (Å²) in [5, 5.41) is 11.5. The molecule has 0 aliphatic rings. The fraction of sp³-hybridized carbons (Fsp3) is 0.294. The van der Waals surface area contributed by atoms with Gasteiger partial charge in [-0.25, -0.2) is 9.37 Å². The number of rotatable bonds is 8. The Morgan fingerprint density at radius 1 is 1.28 bits per heavy atom. The lowest BCUT2D eigenvalue weighted by molar-refractivity contribution is 0.0982. The summed E-state index contributed by atoms with van der Waals surface area (Å²) in [5.41, 5.74) is 1.46. The number of carbonyl (C=O) groups is 1. The van der Waals surface area contributed by atoms with Crippen molar-refractivity contribution in [2.75, 3.05) is 5.75 Å². The van der Waals surface area contributed by atoms with Gasteiger partial charge in [-0.2, -0.15) is 0 Å². The van der Waals surface area contributed by atoms with Crippen molar-refractivity contribution < 1.29 is 13.6 Å². The Balaban J connectivity index is 1.42. The van der Waals surface area contributed by atoms with Crippen LogP contribution in [-0.2, 0) is 6.42 Å². The first-order chi connectivity index (χ1) is 12.1. The van der Waals surface area contributed by atoms with Gasteiger partial charge in [-0.3, -0.25) is 4.79 Å². The fourth-order valence-electron chi connectivity index (χ4n) is 2.18. The number of carbonyl (C=O) groups excluding carboxylic acids is 1. The smallest absolute Gasteiger partial charge is 0.276 e. The minimum atomic E-state index is -0.341. The van der Waals surface area contributed by atoms with E-state index in [2.05, 4.69) is 15.2 Å². The Hall–Kier alpha value is -2.06. The molecule has 0 bridgehead atoms. The van der Waals surface area contributed by atoms with Crippen molar-refractivity contribution in [2.45, 2.75) is 31.4 Å². The summed E-state index contributed by atoms with van der Waals surface area (Å²) in [7, 11) is 0. The SMILES string of the molecule is Cc1nc(Cc2nnc(SCCCC(=O)c3ccc(F)cc3)o2)cs1. The minimum absolute atomic E-state index is 0.00530. The fourth-order valence-corrected chi connectivity index (χ4v) is 3.51. The highest BCUT2D eigenvalue weighted by molar-refractivity contribution is 7.99. The average Bonchev–Trinajstić information content (AvgIpc) is 3.21. The molecule has 0 amide bonds. The first-order valence-corrected chi connectivity index (χ1v) is 9.61. The van der Waals surface area contributed by atoms with Crippen LogP contribution in [0.25, 0.3) is 0 Å². The third-order valence-corrected chi connectivity index (χ3v) is 5.11. The standard InChI is InChI=1S/C17H16FN3O2S2/c1-11-19-14(10-25-11)9-16-20-21-17(23-16)24-8-2-3-15(22)12-4-6-13(18)7-5-12/h4-7,10H,2-3,8-9H2,1H3. The Labute approximate surface area is 152 Å². The van der Waals surface area contributed by atoms with Crippen LogP contribution in [0.15, 0.2) is 39.3 Å². The van der Waals surface area contributed by atoms with Crippen LogP contribution in [0.4, 0.5) is 4.39 Å². The van der Waals surface area contributed by atoms with Crippen LogP contribution in [0.3, 0.4) is 0 Å². The Morgan fingerprint density at radius 3 is 2.80 bits per heavy atom. The molecular weight excluding hydrogens is 361 g/mol. The van der Waals surface area contributed by atoms with Gasteiger partial charge in [0.2, 0.25) is 5.89 Å². The third-order valence-electron chi connectivity index (χ3n) is 3.39. The molecule has 0 atom stereocenters. The molecule has 0 aliphatic heterocycles. The first kappa shape index (κ1) is 17.8. The second kappa shape index (κ2) is 8.35. The maximum Gasteiger partial charge on any atom is 0.276 e. The molecule has 8 heteroatoms. The van der Waals surface area contributed by atoms with Crippen molar-refractivity contribution in [3.63, 3.8) is 0 Å². The van der Waals surface area contributed by atoms with Crippen molar-refractivity contribution in [3.8, 4) is 0 Å². The molecule has 1 aromatic carbocycles. The first-order valence-electron chi connectivity index (χ1n) is 7.75. The van der Waals surface area contributed by atoms with Crippen molar-refractivity contribution in [2.24, 2.45) is 0 Å². The Morgan fingerprint density at radius 2 is 2.08 bits per heavy atom. The molecule has 25 heavy (non-hydrogen) atoms. The van der Waals surface area contributed by atoms with E-state index >= 15 is 0 Å². The molecule has 0 saturated carbocycles. The van der Waals surface area contributed by atoms with Gasteiger partial charge in [0.05, 0.1) is 17.1 Å². The van der Waals surface area contributed by atoms with Gasteiger partial charge >= 0.3 is 0 Å². The van der Waals surface area contributed by atoms with E-state index in [1.807, 2.05) is 12.3 Å². The van der Waals surface area contributed by atoms with E-state index < -0.39 is 0 Å². The number of ketones is 1. The summed E-state index contributed by atoms with van der Waals surface area (Å²) in [4.78, 5) is 16.4. The average molecular weight is 377 g/mol. The zero-order chi connectivity index (χ0) is 17.6. The van der Waals surface area contributed by atoms with Gasteiger partial charge < -0.3 is 4.42 Å². The van der Waals surface area contributed by atoms with Gasteiger partial charge in [-0.1, -0.05) is 11.8 Å². The highest BCUT2D eigenvalue weighted by atomic mass is 32.2. The van der Waals surface area contributed by atoms with Gasteiger partial charge in [0.15, 0.2) is 5.78 Å². The van der Waals surface area contributed by atoms with E-state index in [1.54, 1.807) is 11.3 Å². The van der Waals surface area contributed by atoms with Gasteiger partial charge in [-0.05, 0) is 37.6 Å². The molecule has 130 valence electrons. The maximum absolute atomic E-state index is 12.8. The topological polar surface area (TPSA) is 68.9 Å². The van der Waals surface area contributed by atoms with Crippen LogP contribution in [0.5, 0.6) is 0 Å². The molecule has 3 rings (SSSR count). The van der Waals surface area contributed by atoms with Crippen LogP contribution in [0.2, 0.25) is 0 Å². The summed E-state index contributed by atoms with van der Waals surface area (Å²) in [6.45, 7) is 1.95. The molecular formula is C17H16FN3O2S2. The molecule has 3 aromatic rings. The lowest BCUT2D eigenvalue weighted by atomic mass is 10.1. The predicted octanol–water partition coefficient (Wildman–Crippen LogP) is 4.32. The van der Waals surface area contributed by atoms with E-state index in [0.29, 0.717) is 41.7 Å². The summed E-state index contributed by atoms with van der Waals surface area (Å²) >= 11 is 3.02. The van der Waals surface area contributed by atoms with Gasteiger partial charge in [0, 0.05) is 23.1 Å². The van der Waals surface area contributed by atoms with E-state index in [4.69, 9.17) is 4.42 Å². The third kappa shape index (κ3) is 5.20. The molecule has 0 saturated heterocycles. The molecule has 5 nitrogen and oxygen atoms in total. The Kier molecular flexibility index (Phi) is 5.93. The van der Waals surface area contributed by atoms with Gasteiger partial charge in [0.25, 0.3) is 5.22 Å². The number of thioether (sulfide) groups is 1. The lowest BCUT2D eigenvalue weighted by Gasteiger charge is -2.00. The summed E-state index contributed by atoms with van der Waals surface area (Å²) in [6, 6.07) is 5.61. The minimum Gasteiger partial charge on any atom is -0.416 e. The van der Waals surface area contributed by atoms with Crippen molar-refractivity contribution in [1.29, 1.82) is 0 Å². The van der Waals surface area contributed by atoms with Crippen molar-refractivity contribution in [1.82, 2.24) is 15.2 Å². The number of aryl methyl sites for hydroxylation is 1. The number of halogens is 1. The zero-order valence-corrected chi connectivity index (χ0v) is 15.2. The van der Waals surface area contributed by atoms with Crippen molar-refractivity contribution >= 4 is 28.9 Å². The number of benzene rings is 1. The van der Waals surface area contributed by atoms with Crippen LogP contribution in [0.1, 0.15) is 39.8 Å². The monoisotopic (exact) mass is 377 g/mol. The lowest BCUT2D eigenvalue weighted by Crippen LogP contribution is -1.99. The zero-order valence-electron chi connectivity index (χ0n) is 13.6. The molecule has 0 unspecified atom stereocenters. The van der Waals surface area contributed by atoms with Crippen molar-refractivity contribution in [3.05, 3.63) is 57.6 Å². The number of Topliss-reactive ketones (excluding diaryl/α,β-unsaturated/α-hetero) is 1. The number of hydrogen-bond donors (Lipinski definition) is 0. The summed E-state index contributed by atoms with van der Waals surface area (Å²) in [6.07, 6.45) is 1.61. The number of nitrogens with zero attached hydrogens (tertiary/aromatic N) is 3. The molecule has 0 spiro atoms. The number of aromatic nitrogens is 3. The molecule has 2 heterocycles. The highest BCUT2D eigenvalue weighted by Crippen LogP contribution is 2.20. The highest BCUT2D eigenvalue weighted by Gasteiger charge is 2.10. The number of thiazole rings is 1. The largest absolute Gasteiger partial charge is 0.416 e. The van der Waals surface area contributed by atoms with E-state index in [0.717, 1.165) is 10.7 Å². The molecule has 2 aromatic heterocycles. The quantitative estimate of drug-likeness (QED) is 0.331. The normalized spacial score (nSPS) is 11.0. The van der Waals surface area contributed by atoms with E-state index in [-0.39, 0.29) is 11.6 Å². The molecule has 0 N–H and O–H groups in total. The predicted molar refractivity (Wildman–Crippen MR) is 94.6 cm³/mol. The molecule has 0 aliphatic carbocycles. The molecule has 0 radical (unpaired) electrons. The van der Waals surface area contributed by atoms with Gasteiger partial charge in [-0.15, -0.1) is 21.5 Å². The van der Waals surface area contributed by atoms with Crippen LogP contribution in [-0.4, -0.2) is 26.7 Å². The molecule has 0 fully saturated rings. The summed E-state index contributed by atoms with van der Waals surface area (Å²) < 4.78 is 18.4. The van der Waals surface area contributed by atoms with Crippen LogP contribution in [0, 0.1) is 12.7 Å². The number of hydrogen-bond acceptors (Lipinski definition) is 7. The van der Waals surface area contributed by atoms with E-state index in [9.17, 15) is 9.18 Å². The second-order valence-electron chi connectivity index (χ2n) is 5.38. The Bertz CT molecular complexity index is 846. The van der Waals surface area contributed by atoms with Crippen LogP contribution >= 0.6 is 23.1 Å². The maximum atomic E-state index is 12.8. The second-order valence-corrected chi connectivity index (χ2v) is 7.49. The van der Waals surface area contributed by atoms with E-state index in [1.165, 1.54) is 36.0 Å². The van der Waals surface area contributed by atoms with Gasteiger partial charge in [0.1, 0.15) is 5.82 Å².